The van der Waals surface area contributed by atoms with E-state index in [1.807, 2.05) is 31.2 Å². The van der Waals surface area contributed by atoms with Gasteiger partial charge < -0.3 is 5.32 Å². The van der Waals surface area contributed by atoms with Gasteiger partial charge in [0.2, 0.25) is 0 Å². The van der Waals surface area contributed by atoms with Crippen molar-refractivity contribution >= 4 is 27.7 Å². The number of thioether (sulfide) groups is 1. The molecule has 1 nitrogen and oxygen atoms in total. The van der Waals surface area contributed by atoms with Gasteiger partial charge >= 0.3 is 0 Å². The molecule has 0 heterocycles. The first kappa shape index (κ1) is 16.5. The Morgan fingerprint density at radius 2 is 2.00 bits per heavy atom. The number of halogens is 2. The monoisotopic (exact) mass is 367 g/mol. The van der Waals surface area contributed by atoms with Gasteiger partial charge in [-0.2, -0.15) is 0 Å². The average Bonchev–Trinajstić information content (AvgIpc) is 2.45. The molecule has 0 bridgehead atoms. The molecule has 0 fully saturated rings. The van der Waals surface area contributed by atoms with Crippen molar-refractivity contribution in [1.82, 2.24) is 5.32 Å². The van der Waals surface area contributed by atoms with Gasteiger partial charge in [0.15, 0.2) is 0 Å². The van der Waals surface area contributed by atoms with E-state index < -0.39 is 0 Å². The van der Waals surface area contributed by atoms with E-state index in [1.54, 1.807) is 17.8 Å². The van der Waals surface area contributed by atoms with Gasteiger partial charge in [-0.25, -0.2) is 4.39 Å². The summed E-state index contributed by atoms with van der Waals surface area (Å²) >= 11 is 5.37. The number of hydrogen-bond acceptors (Lipinski definition) is 2. The molecule has 0 aliphatic rings. The van der Waals surface area contributed by atoms with Gasteiger partial charge in [0.25, 0.3) is 0 Å². The third-order valence-corrected chi connectivity index (χ3v) is 5.42. The van der Waals surface area contributed by atoms with Crippen molar-refractivity contribution in [1.29, 1.82) is 0 Å². The molecule has 112 valence electrons. The Hall–Kier alpha value is -0.840. The van der Waals surface area contributed by atoms with Crippen molar-refractivity contribution in [3.8, 4) is 0 Å². The van der Waals surface area contributed by atoms with Crippen molar-refractivity contribution < 1.29 is 4.39 Å². The van der Waals surface area contributed by atoms with Crippen LogP contribution in [-0.4, -0.2) is 12.3 Å². The van der Waals surface area contributed by atoms with E-state index in [4.69, 9.17) is 0 Å². The van der Waals surface area contributed by atoms with Gasteiger partial charge in [0.1, 0.15) is 5.82 Å². The summed E-state index contributed by atoms with van der Waals surface area (Å²) in [4.78, 5) is 1.22. The first-order valence-corrected chi connectivity index (χ1v) is 8.76. The maximum Gasteiger partial charge on any atom is 0.123 e. The fraction of sp³-hybridized carbons (Fsp3) is 0.294. The zero-order valence-corrected chi connectivity index (χ0v) is 14.6. The number of nitrogens with one attached hydrogen (secondary N) is 1. The number of hydrogen-bond donors (Lipinski definition) is 1. The second kappa shape index (κ2) is 7.97. The summed E-state index contributed by atoms with van der Waals surface area (Å²) in [6, 6.07) is 13.5. The van der Waals surface area contributed by atoms with Gasteiger partial charge in [-0.3, -0.25) is 0 Å². The van der Waals surface area contributed by atoms with Crippen LogP contribution < -0.4 is 5.32 Å². The Kier molecular flexibility index (Phi) is 6.27. The van der Waals surface area contributed by atoms with Crippen LogP contribution in [0, 0.1) is 12.7 Å². The fourth-order valence-corrected chi connectivity index (χ4v) is 3.92. The lowest BCUT2D eigenvalue weighted by Crippen LogP contribution is -2.23. The summed E-state index contributed by atoms with van der Waals surface area (Å²) < 4.78 is 14.4. The molecule has 0 aliphatic carbocycles. The highest BCUT2D eigenvalue weighted by Crippen LogP contribution is 2.31. The normalized spacial score (nSPS) is 12.4. The van der Waals surface area contributed by atoms with Gasteiger partial charge in [0.05, 0.1) is 0 Å². The Morgan fingerprint density at radius 1 is 1.24 bits per heavy atom. The summed E-state index contributed by atoms with van der Waals surface area (Å²) in [5.74, 6) is 0.730. The summed E-state index contributed by atoms with van der Waals surface area (Å²) in [5.41, 5.74) is 2.16. The standard InChI is InChI=1S/C17H19BrFNS/c1-3-20-16(14-9-8-13(19)10-12(14)2)11-21-17-7-5-4-6-15(17)18/h4-10,16,20H,3,11H2,1-2H3. The Bertz CT molecular complexity index is 603. The lowest BCUT2D eigenvalue weighted by atomic mass is 10.0. The van der Waals surface area contributed by atoms with Crippen molar-refractivity contribution in [2.24, 2.45) is 0 Å². The van der Waals surface area contributed by atoms with Gasteiger partial charge in [-0.1, -0.05) is 25.1 Å². The number of aryl methyl sites for hydroxylation is 1. The molecule has 4 heteroatoms. The quantitative estimate of drug-likeness (QED) is 0.691. The number of benzene rings is 2. The zero-order chi connectivity index (χ0) is 15.2. The molecule has 21 heavy (non-hydrogen) atoms. The zero-order valence-electron chi connectivity index (χ0n) is 12.2. The summed E-state index contributed by atoms with van der Waals surface area (Å²) in [5, 5.41) is 3.49. The van der Waals surface area contributed by atoms with Gasteiger partial charge in [-0.05, 0) is 64.8 Å². The van der Waals surface area contributed by atoms with E-state index in [0.29, 0.717) is 0 Å². The van der Waals surface area contributed by atoms with Gasteiger partial charge in [0, 0.05) is 21.2 Å². The second-order valence-corrected chi connectivity index (χ2v) is 6.77. The highest BCUT2D eigenvalue weighted by Gasteiger charge is 2.14. The third kappa shape index (κ3) is 4.56. The molecule has 2 rings (SSSR count). The molecular formula is C17H19BrFNS. The molecule has 0 amide bonds. The van der Waals surface area contributed by atoms with E-state index in [1.165, 1.54) is 11.0 Å². The molecule has 0 saturated heterocycles. The van der Waals surface area contributed by atoms with Crippen LogP contribution in [0.3, 0.4) is 0 Å². The van der Waals surface area contributed by atoms with E-state index in [-0.39, 0.29) is 11.9 Å². The SMILES string of the molecule is CCNC(CSc1ccccc1Br)c1ccc(F)cc1C. The van der Waals surface area contributed by atoms with Gasteiger partial charge in [-0.15, -0.1) is 11.8 Å². The topological polar surface area (TPSA) is 12.0 Å². The lowest BCUT2D eigenvalue weighted by molar-refractivity contribution is 0.594. The minimum absolute atomic E-state index is 0.176. The molecule has 1 unspecified atom stereocenters. The number of rotatable bonds is 6. The molecule has 0 radical (unpaired) electrons. The fourth-order valence-electron chi connectivity index (χ4n) is 2.27. The van der Waals surface area contributed by atoms with Crippen molar-refractivity contribution in [2.45, 2.75) is 24.8 Å². The third-order valence-electron chi connectivity index (χ3n) is 3.30. The summed E-state index contributed by atoms with van der Waals surface area (Å²) in [7, 11) is 0. The van der Waals surface area contributed by atoms with Crippen LogP contribution in [0.25, 0.3) is 0 Å². The Labute approximate surface area is 138 Å². The van der Waals surface area contributed by atoms with Crippen LogP contribution in [0.15, 0.2) is 51.8 Å². The second-order valence-electron chi connectivity index (χ2n) is 4.85. The van der Waals surface area contributed by atoms with E-state index >= 15 is 0 Å². The lowest BCUT2D eigenvalue weighted by Gasteiger charge is -2.20. The van der Waals surface area contributed by atoms with E-state index in [0.717, 1.165) is 27.9 Å². The summed E-state index contributed by atoms with van der Waals surface area (Å²) in [6.07, 6.45) is 0. The largest absolute Gasteiger partial charge is 0.309 e. The molecular weight excluding hydrogens is 349 g/mol. The van der Waals surface area contributed by atoms with Crippen LogP contribution in [0.5, 0.6) is 0 Å². The molecule has 2 aromatic carbocycles. The van der Waals surface area contributed by atoms with Crippen LogP contribution >= 0.6 is 27.7 Å². The van der Waals surface area contributed by atoms with E-state index in [9.17, 15) is 4.39 Å². The first-order valence-electron chi connectivity index (χ1n) is 6.98. The van der Waals surface area contributed by atoms with E-state index in [2.05, 4.69) is 34.2 Å². The van der Waals surface area contributed by atoms with Crippen molar-refractivity contribution in [2.75, 3.05) is 12.3 Å². The molecule has 0 aliphatic heterocycles. The first-order chi connectivity index (χ1) is 10.1. The highest BCUT2D eigenvalue weighted by molar-refractivity contribution is 9.10. The van der Waals surface area contributed by atoms with Crippen LogP contribution in [0.1, 0.15) is 24.1 Å². The maximum absolute atomic E-state index is 13.3. The molecule has 1 N–H and O–H groups in total. The molecule has 0 saturated carbocycles. The van der Waals surface area contributed by atoms with Crippen molar-refractivity contribution in [3.63, 3.8) is 0 Å². The molecule has 0 aromatic heterocycles. The Balaban J connectivity index is 2.14. The molecule has 1 atom stereocenters. The smallest absolute Gasteiger partial charge is 0.123 e. The molecule has 0 spiro atoms. The predicted molar refractivity (Wildman–Crippen MR) is 92.4 cm³/mol. The Morgan fingerprint density at radius 3 is 2.67 bits per heavy atom. The minimum atomic E-state index is -0.176. The predicted octanol–water partition coefficient (Wildman–Crippen LogP) is 5.34. The maximum atomic E-state index is 13.3. The average molecular weight is 368 g/mol. The van der Waals surface area contributed by atoms with Crippen molar-refractivity contribution in [3.05, 3.63) is 63.9 Å². The van der Waals surface area contributed by atoms with Crippen LogP contribution in [-0.2, 0) is 0 Å². The minimum Gasteiger partial charge on any atom is -0.309 e. The summed E-state index contributed by atoms with van der Waals surface area (Å²) in [6.45, 7) is 4.94. The molecule has 2 aromatic rings. The van der Waals surface area contributed by atoms with Crippen LogP contribution in [0.2, 0.25) is 0 Å². The highest BCUT2D eigenvalue weighted by atomic mass is 79.9. The van der Waals surface area contributed by atoms with Crippen LogP contribution in [0.4, 0.5) is 4.39 Å².